The van der Waals surface area contributed by atoms with Crippen LogP contribution < -0.4 is 11.2 Å². The molecule has 0 saturated carbocycles. The Morgan fingerprint density at radius 3 is 2.35 bits per heavy atom. The summed E-state index contributed by atoms with van der Waals surface area (Å²) in [6.45, 7) is 0. The van der Waals surface area contributed by atoms with Gasteiger partial charge in [-0.05, 0) is 23.8 Å². The van der Waals surface area contributed by atoms with E-state index in [1.165, 1.54) is 12.1 Å². The van der Waals surface area contributed by atoms with Crippen molar-refractivity contribution in [3.63, 3.8) is 0 Å². The van der Waals surface area contributed by atoms with Crippen molar-refractivity contribution in [3.8, 4) is 0 Å². The number of rotatable bonds is 5. The van der Waals surface area contributed by atoms with Gasteiger partial charge in [-0.15, -0.1) is 0 Å². The lowest BCUT2D eigenvalue weighted by Gasteiger charge is -2.04. The molecule has 0 spiro atoms. The van der Waals surface area contributed by atoms with Crippen LogP contribution >= 0.6 is 0 Å². The first kappa shape index (κ1) is 19.0. The van der Waals surface area contributed by atoms with Gasteiger partial charge in [-0.25, -0.2) is 4.79 Å². The molecule has 1 heterocycles. The number of benzene rings is 2. The number of fused-ring (bicyclic) bond motifs is 1. The maximum absolute atomic E-state index is 10.6. The van der Waals surface area contributed by atoms with Crippen LogP contribution in [0.3, 0.4) is 0 Å². The number of aromatic carboxylic acids is 1. The number of H-pyrrole nitrogens is 1. The van der Waals surface area contributed by atoms with Crippen LogP contribution in [-0.4, -0.2) is 38.4 Å². The van der Waals surface area contributed by atoms with E-state index in [9.17, 15) is 9.59 Å². The van der Waals surface area contributed by atoms with E-state index in [2.05, 4.69) is 4.98 Å². The van der Waals surface area contributed by atoms with E-state index in [1.54, 1.807) is 17.6 Å². The SMILES string of the molecule is NC(Cc1c[nH]c2ccccc12)C(=O)O.O=C(O)c1ccccc1NO. The second-order valence-electron chi connectivity index (χ2n) is 5.47. The molecule has 0 aliphatic rings. The van der Waals surface area contributed by atoms with Gasteiger partial charge in [0.25, 0.3) is 0 Å². The summed E-state index contributed by atoms with van der Waals surface area (Å²) in [7, 11) is 0. The summed E-state index contributed by atoms with van der Waals surface area (Å²) < 4.78 is 0. The number of para-hydroxylation sites is 2. The summed E-state index contributed by atoms with van der Waals surface area (Å²) in [5.41, 5.74) is 9.48. The van der Waals surface area contributed by atoms with Crippen LogP contribution in [0.25, 0.3) is 10.9 Å². The molecule has 8 heteroatoms. The minimum Gasteiger partial charge on any atom is -0.480 e. The van der Waals surface area contributed by atoms with Gasteiger partial charge in [0.2, 0.25) is 0 Å². The van der Waals surface area contributed by atoms with Crippen molar-refractivity contribution >= 4 is 28.5 Å². The Kier molecular flexibility index (Phi) is 6.31. The van der Waals surface area contributed by atoms with E-state index < -0.39 is 18.0 Å². The number of aliphatic carboxylic acids is 1. The lowest BCUT2D eigenvalue weighted by molar-refractivity contribution is -0.138. The topological polar surface area (TPSA) is 149 Å². The second kappa shape index (κ2) is 8.65. The minimum atomic E-state index is -1.07. The molecule has 1 unspecified atom stereocenters. The number of carboxylic acid groups (broad SMARTS) is 2. The van der Waals surface area contributed by atoms with E-state index in [0.717, 1.165) is 16.5 Å². The summed E-state index contributed by atoms with van der Waals surface area (Å²) >= 11 is 0. The largest absolute Gasteiger partial charge is 0.480 e. The normalized spacial score (nSPS) is 11.3. The third kappa shape index (κ3) is 4.59. The highest BCUT2D eigenvalue weighted by molar-refractivity contribution is 5.93. The van der Waals surface area contributed by atoms with Gasteiger partial charge >= 0.3 is 11.9 Å². The quantitative estimate of drug-likeness (QED) is 0.384. The highest BCUT2D eigenvalue weighted by Crippen LogP contribution is 2.18. The van der Waals surface area contributed by atoms with Gasteiger partial charge in [-0.2, -0.15) is 0 Å². The van der Waals surface area contributed by atoms with Crippen molar-refractivity contribution < 1.29 is 25.0 Å². The molecule has 0 aliphatic heterocycles. The summed E-state index contributed by atoms with van der Waals surface area (Å²) in [6.07, 6.45) is 2.16. The highest BCUT2D eigenvalue weighted by Gasteiger charge is 2.14. The van der Waals surface area contributed by atoms with Crippen LogP contribution in [0.1, 0.15) is 15.9 Å². The first-order valence-electron chi connectivity index (χ1n) is 7.69. The fourth-order valence-electron chi connectivity index (χ4n) is 2.39. The number of hydrogen-bond acceptors (Lipinski definition) is 5. The Hall–Kier alpha value is -3.36. The third-order valence-electron chi connectivity index (χ3n) is 3.71. The van der Waals surface area contributed by atoms with Crippen molar-refractivity contribution in [3.05, 3.63) is 65.9 Å². The van der Waals surface area contributed by atoms with Crippen molar-refractivity contribution in [2.24, 2.45) is 5.73 Å². The summed E-state index contributed by atoms with van der Waals surface area (Å²) in [5.74, 6) is -2.04. The highest BCUT2D eigenvalue weighted by atomic mass is 16.5. The smallest absolute Gasteiger partial charge is 0.337 e. The van der Waals surface area contributed by atoms with Crippen LogP contribution in [-0.2, 0) is 11.2 Å². The first-order valence-corrected chi connectivity index (χ1v) is 7.69. The van der Waals surface area contributed by atoms with Gasteiger partial charge in [0.15, 0.2) is 0 Å². The number of anilines is 1. The van der Waals surface area contributed by atoms with E-state index in [0.29, 0.717) is 6.42 Å². The number of carbonyl (C=O) groups is 2. The van der Waals surface area contributed by atoms with Crippen molar-refractivity contribution in [2.45, 2.75) is 12.5 Å². The number of aromatic amines is 1. The molecule has 0 amide bonds. The molecule has 1 aromatic heterocycles. The van der Waals surface area contributed by atoms with E-state index >= 15 is 0 Å². The van der Waals surface area contributed by atoms with Gasteiger partial charge < -0.3 is 20.9 Å². The van der Waals surface area contributed by atoms with Gasteiger partial charge in [0, 0.05) is 23.5 Å². The maximum Gasteiger partial charge on any atom is 0.337 e. The summed E-state index contributed by atoms with van der Waals surface area (Å²) in [4.78, 5) is 24.1. The molecule has 7 N–H and O–H groups in total. The predicted octanol–water partition coefficient (Wildman–Crippen LogP) is 2.31. The zero-order valence-electron chi connectivity index (χ0n) is 13.7. The van der Waals surface area contributed by atoms with Crippen LogP contribution in [0.4, 0.5) is 5.69 Å². The number of nitrogens with two attached hydrogens (primary N) is 1. The lowest BCUT2D eigenvalue weighted by atomic mass is 10.1. The lowest BCUT2D eigenvalue weighted by Crippen LogP contribution is -2.32. The Balaban J connectivity index is 0.000000197. The number of aromatic nitrogens is 1. The molecule has 136 valence electrons. The molecular weight excluding hydrogens is 338 g/mol. The molecule has 0 radical (unpaired) electrons. The molecule has 26 heavy (non-hydrogen) atoms. The van der Waals surface area contributed by atoms with Gasteiger partial charge in [0.05, 0.1) is 11.3 Å². The van der Waals surface area contributed by atoms with Crippen LogP contribution in [0.5, 0.6) is 0 Å². The Bertz CT molecular complexity index is 906. The van der Waals surface area contributed by atoms with E-state index in [1.807, 2.05) is 30.5 Å². The van der Waals surface area contributed by atoms with Gasteiger partial charge in [-0.3, -0.25) is 15.5 Å². The van der Waals surface area contributed by atoms with Crippen molar-refractivity contribution in [1.82, 2.24) is 4.98 Å². The Morgan fingerprint density at radius 2 is 1.73 bits per heavy atom. The van der Waals surface area contributed by atoms with E-state index in [4.69, 9.17) is 21.2 Å². The fraction of sp³-hybridized carbons (Fsp3) is 0.111. The van der Waals surface area contributed by atoms with E-state index in [-0.39, 0.29) is 11.3 Å². The van der Waals surface area contributed by atoms with Crippen LogP contribution in [0.2, 0.25) is 0 Å². The second-order valence-corrected chi connectivity index (χ2v) is 5.47. The fourth-order valence-corrected chi connectivity index (χ4v) is 2.39. The van der Waals surface area contributed by atoms with Gasteiger partial charge in [-0.1, -0.05) is 30.3 Å². The average molecular weight is 357 g/mol. The molecule has 3 rings (SSSR count). The molecule has 0 bridgehead atoms. The predicted molar refractivity (Wildman–Crippen MR) is 96.4 cm³/mol. The minimum absolute atomic E-state index is 0.0509. The molecule has 2 aromatic carbocycles. The third-order valence-corrected chi connectivity index (χ3v) is 3.71. The zero-order chi connectivity index (χ0) is 19.1. The van der Waals surface area contributed by atoms with Crippen molar-refractivity contribution in [1.29, 1.82) is 0 Å². The number of hydrogen-bond donors (Lipinski definition) is 6. The summed E-state index contributed by atoms with van der Waals surface area (Å²) in [5, 5.41) is 26.8. The number of nitrogens with one attached hydrogen (secondary N) is 2. The standard InChI is InChI=1S/C11H12N2O2.C7H7NO3/c12-9(11(14)15)5-7-6-13-10-4-2-1-3-8(7)10;9-7(10)5-3-1-2-4-6(5)8-11/h1-4,6,9,13H,5,12H2,(H,14,15);1-4,8,11H,(H,9,10). The summed E-state index contributed by atoms with van der Waals surface area (Å²) in [6, 6.07) is 13.0. The molecule has 0 saturated heterocycles. The van der Waals surface area contributed by atoms with Crippen molar-refractivity contribution in [2.75, 3.05) is 5.48 Å². The molecular formula is C18H19N3O5. The Morgan fingerprint density at radius 1 is 1.08 bits per heavy atom. The molecule has 0 aliphatic carbocycles. The monoisotopic (exact) mass is 357 g/mol. The molecule has 0 fully saturated rings. The maximum atomic E-state index is 10.6. The molecule has 1 atom stereocenters. The average Bonchev–Trinajstić information content (AvgIpc) is 3.05. The zero-order valence-corrected chi connectivity index (χ0v) is 13.7. The van der Waals surface area contributed by atoms with Gasteiger partial charge in [0.1, 0.15) is 6.04 Å². The number of carboxylic acids is 2. The van der Waals surface area contributed by atoms with Crippen LogP contribution in [0, 0.1) is 0 Å². The van der Waals surface area contributed by atoms with Crippen LogP contribution in [0.15, 0.2) is 54.7 Å². The molecule has 8 nitrogen and oxygen atoms in total. The molecule has 3 aromatic rings. The Labute approximate surface area is 148 Å². The first-order chi connectivity index (χ1) is 12.4.